The molecule has 0 aliphatic heterocycles. The lowest BCUT2D eigenvalue weighted by atomic mass is 10.2. The highest BCUT2D eigenvalue weighted by Gasteiger charge is 2.36. The van der Waals surface area contributed by atoms with Crippen LogP contribution in [0.25, 0.3) is 11.0 Å². The average molecular weight is 771 g/mol. The summed E-state index contributed by atoms with van der Waals surface area (Å²) < 4.78 is 88.8. The summed E-state index contributed by atoms with van der Waals surface area (Å²) in [6.07, 6.45) is 1.53. The van der Waals surface area contributed by atoms with Crippen molar-refractivity contribution in [1.82, 2.24) is 10.3 Å². The highest BCUT2D eigenvalue weighted by Crippen LogP contribution is 2.33. The topological polar surface area (TPSA) is 241 Å². The fraction of sp³-hybridized carbons (Fsp3) is 0.242. The van der Waals surface area contributed by atoms with Gasteiger partial charge in [-0.15, -0.1) is 0 Å². The second-order valence-corrected chi connectivity index (χ2v) is 14.8. The van der Waals surface area contributed by atoms with Crippen LogP contribution >= 0.6 is 0 Å². The average Bonchev–Trinajstić information content (AvgIpc) is 3.73. The number of nitrogens with zero attached hydrogens (tertiary/aromatic N) is 4. The van der Waals surface area contributed by atoms with Crippen LogP contribution in [0.3, 0.4) is 0 Å². The first-order valence-electron chi connectivity index (χ1n) is 15.9. The van der Waals surface area contributed by atoms with Crippen LogP contribution in [0.4, 0.5) is 0 Å². The number of unbranched alkanes of at least 4 members (excludes halogenated alkanes) is 2. The largest absolute Gasteiger partial charge is 0.490 e. The minimum absolute atomic E-state index is 0.0217. The molecule has 20 heteroatoms. The number of ether oxygens (including phenoxy) is 4. The van der Waals surface area contributed by atoms with Gasteiger partial charge in [0.25, 0.3) is 19.7 Å². The predicted octanol–water partition coefficient (Wildman–Crippen LogP) is 3.18. The van der Waals surface area contributed by atoms with E-state index in [1.54, 1.807) is 24.3 Å². The van der Waals surface area contributed by atoms with E-state index in [-0.39, 0.29) is 57.4 Å². The maximum atomic E-state index is 12.9. The van der Waals surface area contributed by atoms with Crippen molar-refractivity contribution >= 4 is 30.6 Å². The van der Waals surface area contributed by atoms with Gasteiger partial charge in [-0.1, -0.05) is 36.4 Å². The quantitative estimate of drug-likeness (QED) is 0.0692. The van der Waals surface area contributed by atoms with E-state index in [2.05, 4.69) is 19.6 Å². The van der Waals surface area contributed by atoms with Crippen molar-refractivity contribution in [2.75, 3.05) is 26.4 Å². The molecule has 0 radical (unpaired) electrons. The van der Waals surface area contributed by atoms with Crippen molar-refractivity contribution in [1.29, 1.82) is 0 Å². The zero-order chi connectivity index (χ0) is 37.4. The fourth-order valence-corrected chi connectivity index (χ4v) is 7.40. The highest BCUT2D eigenvalue weighted by atomic mass is 32.2. The van der Waals surface area contributed by atoms with E-state index in [1.807, 2.05) is 0 Å². The Morgan fingerprint density at radius 2 is 1.17 bits per heavy atom. The van der Waals surface area contributed by atoms with Crippen LogP contribution in [0.2, 0.25) is 0 Å². The highest BCUT2D eigenvalue weighted by molar-refractivity contribution is 7.91. The van der Waals surface area contributed by atoms with Gasteiger partial charge in [0.05, 0.1) is 46.5 Å². The van der Waals surface area contributed by atoms with Crippen molar-refractivity contribution in [2.24, 2.45) is 0 Å². The van der Waals surface area contributed by atoms with Crippen LogP contribution in [0.15, 0.2) is 123 Å². The second-order valence-electron chi connectivity index (χ2n) is 11.1. The summed E-state index contributed by atoms with van der Waals surface area (Å²) in [5.41, 5.74) is -0.288. The molecule has 0 bridgehead atoms. The molecule has 0 aliphatic rings. The lowest BCUT2D eigenvalue weighted by molar-refractivity contribution is -0.832. The summed E-state index contributed by atoms with van der Waals surface area (Å²) in [5.74, 6) is -0.437. The second kappa shape index (κ2) is 16.0. The molecule has 0 fully saturated rings. The smallest absolute Gasteiger partial charge is 0.414 e. The Hall–Kier alpha value is -6.15. The molecule has 3 aromatic carbocycles. The number of hydrogen-bond acceptors (Lipinski definition) is 16. The van der Waals surface area contributed by atoms with E-state index in [1.165, 1.54) is 60.7 Å². The van der Waals surface area contributed by atoms with Crippen molar-refractivity contribution in [3.05, 3.63) is 106 Å². The number of aromatic nitrogens is 4. The predicted molar refractivity (Wildman–Crippen MR) is 178 cm³/mol. The first-order valence-corrected chi connectivity index (χ1v) is 18.9. The molecule has 0 saturated heterocycles. The van der Waals surface area contributed by atoms with Gasteiger partial charge in [0.15, 0.2) is 11.5 Å². The van der Waals surface area contributed by atoms with Gasteiger partial charge in [-0.05, 0) is 71.9 Å². The third kappa shape index (κ3) is 8.33. The van der Waals surface area contributed by atoms with Gasteiger partial charge in [0.1, 0.15) is 5.58 Å². The first-order chi connectivity index (χ1) is 25.6. The van der Waals surface area contributed by atoms with Gasteiger partial charge in [-0.2, -0.15) is 0 Å². The van der Waals surface area contributed by atoms with Crippen molar-refractivity contribution < 1.29 is 59.3 Å². The van der Waals surface area contributed by atoms with Crippen LogP contribution < -0.4 is 34.4 Å². The molecular formula is C33H30N4O14S2. The summed E-state index contributed by atoms with van der Waals surface area (Å²) in [6.45, 7) is 0.235. The van der Waals surface area contributed by atoms with E-state index < -0.39 is 47.1 Å². The van der Waals surface area contributed by atoms with Crippen molar-refractivity contribution in [3.63, 3.8) is 0 Å². The molecule has 0 N–H and O–H groups in total. The van der Waals surface area contributed by atoms with Gasteiger partial charge in [0.2, 0.25) is 0 Å². The Morgan fingerprint density at radius 1 is 0.623 bits per heavy atom. The van der Waals surface area contributed by atoms with Gasteiger partial charge < -0.3 is 33.8 Å². The summed E-state index contributed by atoms with van der Waals surface area (Å²) >= 11 is 0. The molecule has 0 aliphatic carbocycles. The number of rotatable bonds is 18. The molecule has 3 aromatic heterocycles. The number of benzene rings is 3. The SMILES string of the molecule is O=c1ccc2cc(OCCCCOc3c(S(=O)(=O)c4ccccc4)no[n+]3[O-])c(OCCCCOc3no[n+]([O-])c3S(=O)(=O)c3ccccc3)cc2o1. The lowest BCUT2D eigenvalue weighted by Gasteiger charge is -2.14. The summed E-state index contributed by atoms with van der Waals surface area (Å²) in [5, 5.41) is 30.2. The molecule has 6 aromatic rings. The number of sulfone groups is 2. The minimum Gasteiger partial charge on any atom is -0.490 e. The van der Waals surface area contributed by atoms with Crippen LogP contribution in [0, 0.1) is 10.4 Å². The number of hydrogen-bond donors (Lipinski definition) is 0. The molecule has 0 amide bonds. The Labute approximate surface area is 300 Å². The molecule has 0 atom stereocenters. The summed E-state index contributed by atoms with van der Waals surface area (Å²) in [6, 6.07) is 20.7. The standard InChI is InChI=1S/C33H30N4O14S2/c38-29-16-15-23-21-27(45-17-8-10-20-48-32-31(35-51-36(32)39)52(41,42)24-11-3-1-4-12-24)28(22-26(23)49-29)46-18-7-9-19-47-30-33(37(40)50-34-30)53(43,44)25-13-5-2-6-14-25/h1-6,11-16,21-22H,7-10,17-20H2. The van der Waals surface area contributed by atoms with E-state index in [9.17, 15) is 32.0 Å². The molecule has 0 saturated carbocycles. The van der Waals surface area contributed by atoms with Crippen LogP contribution in [-0.2, 0) is 19.7 Å². The molecular weight excluding hydrogens is 741 g/mol. The van der Waals surface area contributed by atoms with E-state index >= 15 is 0 Å². The Bertz CT molecular complexity index is 2450. The molecule has 53 heavy (non-hydrogen) atoms. The maximum Gasteiger partial charge on any atom is 0.414 e. The third-order valence-electron chi connectivity index (χ3n) is 7.47. The van der Waals surface area contributed by atoms with Gasteiger partial charge >= 0.3 is 27.4 Å². The molecule has 18 nitrogen and oxygen atoms in total. The van der Waals surface area contributed by atoms with Gasteiger partial charge in [-0.25, -0.2) is 21.6 Å². The van der Waals surface area contributed by atoms with Gasteiger partial charge in [-0.3, -0.25) is 9.26 Å². The van der Waals surface area contributed by atoms with E-state index in [0.29, 0.717) is 36.8 Å². The van der Waals surface area contributed by atoms with Gasteiger partial charge in [0, 0.05) is 17.5 Å². The molecule has 0 unspecified atom stereocenters. The third-order valence-corrected chi connectivity index (χ3v) is 10.8. The number of fused-ring (bicyclic) bond motifs is 1. The minimum atomic E-state index is -4.26. The zero-order valence-corrected chi connectivity index (χ0v) is 29.2. The van der Waals surface area contributed by atoms with Crippen LogP contribution in [0.1, 0.15) is 25.7 Å². The normalized spacial score (nSPS) is 11.8. The molecule has 3 heterocycles. The summed E-state index contributed by atoms with van der Waals surface area (Å²) in [7, 11) is -8.42. The molecule has 6 rings (SSSR count). The maximum absolute atomic E-state index is 12.9. The first kappa shape index (κ1) is 36.6. The lowest BCUT2D eigenvalue weighted by Crippen LogP contribution is -2.31. The van der Waals surface area contributed by atoms with E-state index in [0.717, 1.165) is 0 Å². The zero-order valence-electron chi connectivity index (χ0n) is 27.6. The molecule has 278 valence electrons. The Balaban J connectivity index is 1.01. The van der Waals surface area contributed by atoms with Crippen LogP contribution in [0.5, 0.6) is 23.3 Å². The Kier molecular flexibility index (Phi) is 11.1. The monoisotopic (exact) mass is 770 g/mol. The van der Waals surface area contributed by atoms with Crippen LogP contribution in [-0.4, -0.2) is 53.6 Å². The van der Waals surface area contributed by atoms with Crippen molar-refractivity contribution in [2.45, 2.75) is 45.5 Å². The van der Waals surface area contributed by atoms with Crippen molar-refractivity contribution in [3.8, 4) is 23.3 Å². The molecule has 0 spiro atoms. The van der Waals surface area contributed by atoms with E-state index in [4.69, 9.17) is 23.4 Å². The summed E-state index contributed by atoms with van der Waals surface area (Å²) in [4.78, 5) is 11.3. The Morgan fingerprint density at radius 3 is 1.81 bits per heavy atom. The fourth-order valence-electron chi connectivity index (χ4n) is 4.87.